The first-order valence-corrected chi connectivity index (χ1v) is 6.68. The maximum atomic E-state index is 4.33. The van der Waals surface area contributed by atoms with Gasteiger partial charge in [0.2, 0.25) is 0 Å². The van der Waals surface area contributed by atoms with Crippen molar-refractivity contribution >= 4 is 33.1 Å². The molecule has 0 amide bonds. The van der Waals surface area contributed by atoms with E-state index in [1.165, 1.54) is 15.3 Å². The number of anilines is 1. The van der Waals surface area contributed by atoms with Crippen LogP contribution in [-0.2, 0) is 6.54 Å². The van der Waals surface area contributed by atoms with Crippen molar-refractivity contribution in [2.24, 2.45) is 0 Å². The molecule has 0 spiro atoms. The molecule has 0 fully saturated rings. The van der Waals surface area contributed by atoms with E-state index >= 15 is 0 Å². The second-order valence-electron chi connectivity index (χ2n) is 3.65. The van der Waals surface area contributed by atoms with Crippen molar-refractivity contribution in [1.29, 1.82) is 0 Å². The molecule has 0 bridgehead atoms. The SMILES string of the molecule is Cc1cc(CNc2cccc(Br)n2)sc1C. The Morgan fingerprint density at radius 3 is 2.81 bits per heavy atom. The molecule has 0 aliphatic rings. The third-order valence-corrected chi connectivity index (χ3v) is 3.97. The molecule has 1 N–H and O–H groups in total. The number of hydrogen-bond acceptors (Lipinski definition) is 3. The molecule has 0 atom stereocenters. The van der Waals surface area contributed by atoms with Gasteiger partial charge in [0, 0.05) is 9.75 Å². The first kappa shape index (κ1) is 11.6. The number of hydrogen-bond donors (Lipinski definition) is 1. The monoisotopic (exact) mass is 296 g/mol. The molecule has 0 radical (unpaired) electrons. The lowest BCUT2D eigenvalue weighted by molar-refractivity contribution is 1.13. The molecule has 0 saturated heterocycles. The van der Waals surface area contributed by atoms with Crippen LogP contribution in [0.2, 0.25) is 0 Å². The van der Waals surface area contributed by atoms with Crippen LogP contribution >= 0.6 is 27.3 Å². The first-order valence-electron chi connectivity index (χ1n) is 5.07. The Kier molecular flexibility index (Phi) is 3.61. The number of aryl methyl sites for hydroxylation is 2. The van der Waals surface area contributed by atoms with Crippen LogP contribution in [0.25, 0.3) is 0 Å². The van der Waals surface area contributed by atoms with Crippen LogP contribution in [0.4, 0.5) is 5.82 Å². The van der Waals surface area contributed by atoms with E-state index in [0.29, 0.717) is 0 Å². The number of thiophene rings is 1. The second-order valence-corrected chi connectivity index (χ2v) is 5.80. The summed E-state index contributed by atoms with van der Waals surface area (Å²) in [6.07, 6.45) is 0. The molecule has 2 nitrogen and oxygen atoms in total. The van der Waals surface area contributed by atoms with Gasteiger partial charge in [-0.3, -0.25) is 0 Å². The van der Waals surface area contributed by atoms with Crippen LogP contribution in [0.5, 0.6) is 0 Å². The number of nitrogens with one attached hydrogen (secondary N) is 1. The molecule has 4 heteroatoms. The van der Waals surface area contributed by atoms with Crippen LogP contribution in [0.1, 0.15) is 15.3 Å². The average molecular weight is 297 g/mol. The highest BCUT2D eigenvalue weighted by Gasteiger charge is 2.01. The van der Waals surface area contributed by atoms with Crippen LogP contribution < -0.4 is 5.32 Å². The molecule has 16 heavy (non-hydrogen) atoms. The predicted octanol–water partition coefficient (Wildman–Crippen LogP) is 4.13. The van der Waals surface area contributed by atoms with E-state index in [1.54, 1.807) is 0 Å². The molecule has 0 aliphatic heterocycles. The van der Waals surface area contributed by atoms with E-state index in [4.69, 9.17) is 0 Å². The molecule has 0 unspecified atom stereocenters. The van der Waals surface area contributed by atoms with Gasteiger partial charge in [-0.2, -0.15) is 0 Å². The number of aromatic nitrogens is 1. The van der Waals surface area contributed by atoms with Crippen molar-refractivity contribution in [3.05, 3.63) is 44.2 Å². The zero-order valence-corrected chi connectivity index (χ0v) is 11.7. The highest BCUT2D eigenvalue weighted by Crippen LogP contribution is 2.21. The Morgan fingerprint density at radius 1 is 1.38 bits per heavy atom. The molecule has 2 rings (SSSR count). The van der Waals surface area contributed by atoms with E-state index in [1.807, 2.05) is 29.5 Å². The third kappa shape index (κ3) is 2.83. The zero-order chi connectivity index (χ0) is 11.5. The Balaban J connectivity index is 2.02. The van der Waals surface area contributed by atoms with Gasteiger partial charge in [0.15, 0.2) is 0 Å². The van der Waals surface area contributed by atoms with E-state index < -0.39 is 0 Å². The van der Waals surface area contributed by atoms with Gasteiger partial charge in [-0.15, -0.1) is 11.3 Å². The smallest absolute Gasteiger partial charge is 0.127 e. The Bertz CT molecular complexity index is 474. The summed E-state index contributed by atoms with van der Waals surface area (Å²) in [5.74, 6) is 0.901. The van der Waals surface area contributed by atoms with Gasteiger partial charge < -0.3 is 5.32 Å². The number of pyridine rings is 1. The van der Waals surface area contributed by atoms with Gasteiger partial charge in [-0.1, -0.05) is 6.07 Å². The fourth-order valence-electron chi connectivity index (χ4n) is 1.42. The quantitative estimate of drug-likeness (QED) is 0.861. The summed E-state index contributed by atoms with van der Waals surface area (Å²) < 4.78 is 0.857. The van der Waals surface area contributed by atoms with Crippen LogP contribution in [0.3, 0.4) is 0 Å². The molecular weight excluding hydrogens is 284 g/mol. The van der Waals surface area contributed by atoms with Gasteiger partial charge in [0.1, 0.15) is 10.4 Å². The topological polar surface area (TPSA) is 24.9 Å². The van der Waals surface area contributed by atoms with Gasteiger partial charge in [0.25, 0.3) is 0 Å². The predicted molar refractivity (Wildman–Crippen MR) is 73.1 cm³/mol. The number of rotatable bonds is 3. The highest BCUT2D eigenvalue weighted by molar-refractivity contribution is 9.10. The molecule has 0 aliphatic carbocycles. The van der Waals surface area contributed by atoms with E-state index in [-0.39, 0.29) is 0 Å². The first-order chi connectivity index (χ1) is 7.65. The number of halogens is 1. The fraction of sp³-hybridized carbons (Fsp3) is 0.250. The van der Waals surface area contributed by atoms with Crippen LogP contribution in [0.15, 0.2) is 28.9 Å². The Hall–Kier alpha value is -0.870. The Labute approximate surface area is 108 Å². The van der Waals surface area contributed by atoms with Crippen molar-refractivity contribution in [3.8, 4) is 0 Å². The lowest BCUT2D eigenvalue weighted by atomic mass is 10.3. The van der Waals surface area contributed by atoms with Crippen LogP contribution in [-0.4, -0.2) is 4.98 Å². The lowest BCUT2D eigenvalue weighted by Gasteiger charge is -2.03. The second kappa shape index (κ2) is 4.97. The van der Waals surface area contributed by atoms with Gasteiger partial charge in [0.05, 0.1) is 6.54 Å². The molecule has 0 aromatic carbocycles. The maximum absolute atomic E-state index is 4.33. The third-order valence-electron chi connectivity index (χ3n) is 2.38. The van der Waals surface area contributed by atoms with E-state index in [9.17, 15) is 0 Å². The fourth-order valence-corrected chi connectivity index (χ4v) is 2.76. The van der Waals surface area contributed by atoms with Gasteiger partial charge >= 0.3 is 0 Å². The van der Waals surface area contributed by atoms with Gasteiger partial charge in [-0.25, -0.2) is 4.98 Å². The van der Waals surface area contributed by atoms with Crippen LogP contribution in [0, 0.1) is 13.8 Å². The average Bonchev–Trinajstić information content (AvgIpc) is 2.56. The lowest BCUT2D eigenvalue weighted by Crippen LogP contribution is -1.99. The summed E-state index contributed by atoms with van der Waals surface area (Å²) >= 11 is 5.19. The summed E-state index contributed by atoms with van der Waals surface area (Å²) in [7, 11) is 0. The molecule has 84 valence electrons. The van der Waals surface area contributed by atoms with Crippen molar-refractivity contribution in [2.45, 2.75) is 20.4 Å². The van der Waals surface area contributed by atoms with Crippen molar-refractivity contribution in [3.63, 3.8) is 0 Å². The molecule has 0 saturated carbocycles. The zero-order valence-electron chi connectivity index (χ0n) is 9.25. The molecular formula is C12H13BrN2S. The minimum absolute atomic E-state index is 0.836. The summed E-state index contributed by atoms with van der Waals surface area (Å²) in [6, 6.07) is 8.10. The largest absolute Gasteiger partial charge is 0.365 e. The summed E-state index contributed by atoms with van der Waals surface area (Å²) in [5.41, 5.74) is 1.36. The van der Waals surface area contributed by atoms with Crippen molar-refractivity contribution in [1.82, 2.24) is 4.98 Å². The summed E-state index contributed by atoms with van der Waals surface area (Å²) in [6.45, 7) is 5.14. The molecule has 2 aromatic rings. The molecule has 2 heterocycles. The minimum atomic E-state index is 0.836. The maximum Gasteiger partial charge on any atom is 0.127 e. The number of nitrogens with zero attached hydrogens (tertiary/aromatic N) is 1. The van der Waals surface area contributed by atoms with Crippen molar-refractivity contribution < 1.29 is 0 Å². The van der Waals surface area contributed by atoms with Gasteiger partial charge in [-0.05, 0) is 53.5 Å². The van der Waals surface area contributed by atoms with E-state index in [0.717, 1.165) is 17.0 Å². The minimum Gasteiger partial charge on any atom is -0.365 e. The highest BCUT2D eigenvalue weighted by atomic mass is 79.9. The summed E-state index contributed by atoms with van der Waals surface area (Å²) in [5, 5.41) is 3.31. The standard InChI is InChI=1S/C12H13BrN2S/c1-8-6-10(16-9(8)2)7-14-12-5-3-4-11(13)15-12/h3-6H,7H2,1-2H3,(H,14,15). The summed E-state index contributed by atoms with van der Waals surface area (Å²) in [4.78, 5) is 7.06. The van der Waals surface area contributed by atoms with Crippen molar-refractivity contribution in [2.75, 3.05) is 5.32 Å². The Morgan fingerprint density at radius 2 is 2.19 bits per heavy atom. The normalized spacial score (nSPS) is 10.4. The van der Waals surface area contributed by atoms with E-state index in [2.05, 4.69) is 46.1 Å². The molecule has 2 aromatic heterocycles.